The van der Waals surface area contributed by atoms with E-state index >= 15 is 0 Å². The van der Waals surface area contributed by atoms with Crippen LogP contribution in [-0.2, 0) is 16.0 Å². The van der Waals surface area contributed by atoms with Crippen molar-refractivity contribution in [3.8, 4) is 0 Å². The zero-order valence-corrected chi connectivity index (χ0v) is 11.6. The first kappa shape index (κ1) is 13.8. The van der Waals surface area contributed by atoms with Crippen molar-refractivity contribution in [2.75, 3.05) is 0 Å². The number of hydrogen-bond acceptors (Lipinski definition) is 4. The molecular formula is C15H16N2O4. The van der Waals surface area contributed by atoms with Gasteiger partial charge in [-0.2, -0.15) is 0 Å². The number of aliphatic hydroxyl groups is 1. The third-order valence-corrected chi connectivity index (χ3v) is 4.10. The predicted octanol–water partition coefficient (Wildman–Crippen LogP) is 0.501. The van der Waals surface area contributed by atoms with Crippen molar-refractivity contribution in [2.24, 2.45) is 0 Å². The van der Waals surface area contributed by atoms with Crippen LogP contribution in [0.3, 0.4) is 0 Å². The van der Waals surface area contributed by atoms with Gasteiger partial charge in [0.2, 0.25) is 11.8 Å². The fraction of sp³-hybridized carbons (Fsp3) is 0.400. The van der Waals surface area contributed by atoms with Crippen LogP contribution in [-0.4, -0.2) is 33.8 Å². The first-order valence-corrected chi connectivity index (χ1v) is 7.00. The zero-order valence-electron chi connectivity index (χ0n) is 11.6. The molecule has 0 aromatic heterocycles. The van der Waals surface area contributed by atoms with Crippen LogP contribution in [0.1, 0.15) is 47.5 Å². The highest BCUT2D eigenvalue weighted by molar-refractivity contribution is 6.06. The van der Waals surface area contributed by atoms with E-state index in [1.165, 1.54) is 4.90 Å². The topological polar surface area (TPSA) is 86.7 Å². The maximum absolute atomic E-state index is 12.6. The Morgan fingerprint density at radius 3 is 2.76 bits per heavy atom. The fourth-order valence-corrected chi connectivity index (χ4v) is 3.04. The Bertz CT molecular complexity index is 641. The highest BCUT2D eigenvalue weighted by atomic mass is 16.3. The Labute approximate surface area is 121 Å². The van der Waals surface area contributed by atoms with E-state index in [1.807, 2.05) is 13.0 Å². The molecule has 6 nitrogen and oxygen atoms in total. The number of aliphatic hydroxyl groups excluding tert-OH is 1. The van der Waals surface area contributed by atoms with Crippen LogP contribution >= 0.6 is 0 Å². The van der Waals surface area contributed by atoms with E-state index in [0.717, 1.165) is 5.56 Å². The summed E-state index contributed by atoms with van der Waals surface area (Å²) in [5, 5.41) is 12.6. The highest BCUT2D eigenvalue weighted by Gasteiger charge is 2.44. The molecule has 2 atom stereocenters. The molecule has 1 fully saturated rings. The second-order valence-corrected chi connectivity index (χ2v) is 5.29. The number of aryl methyl sites for hydroxylation is 1. The lowest BCUT2D eigenvalue weighted by molar-refractivity contribution is -0.139. The number of nitrogens with one attached hydrogen (secondary N) is 1. The Morgan fingerprint density at radius 1 is 1.33 bits per heavy atom. The maximum Gasteiger partial charge on any atom is 0.257 e. The third kappa shape index (κ3) is 2.03. The molecule has 0 radical (unpaired) electrons. The highest BCUT2D eigenvalue weighted by Crippen LogP contribution is 2.36. The monoisotopic (exact) mass is 288 g/mol. The van der Waals surface area contributed by atoms with Crippen LogP contribution < -0.4 is 5.32 Å². The molecule has 1 aromatic rings. The molecule has 2 heterocycles. The van der Waals surface area contributed by atoms with E-state index in [4.69, 9.17) is 0 Å². The van der Waals surface area contributed by atoms with Crippen LogP contribution in [0, 0.1) is 0 Å². The molecule has 3 amide bonds. The largest absolute Gasteiger partial charge is 0.369 e. The smallest absolute Gasteiger partial charge is 0.257 e. The van der Waals surface area contributed by atoms with Gasteiger partial charge in [-0.25, -0.2) is 0 Å². The Hall–Kier alpha value is -2.21. The molecule has 1 aromatic carbocycles. The summed E-state index contributed by atoms with van der Waals surface area (Å²) < 4.78 is 0. The summed E-state index contributed by atoms with van der Waals surface area (Å²) in [4.78, 5) is 37.0. The number of imide groups is 1. The SMILES string of the molecule is CCc1cccc2c1C(=O)N(C1CCC(=O)NC1=O)C2O. The zero-order chi connectivity index (χ0) is 15.1. The third-order valence-electron chi connectivity index (χ3n) is 4.10. The van der Waals surface area contributed by atoms with E-state index in [0.29, 0.717) is 17.5 Å². The van der Waals surface area contributed by atoms with Crippen LogP contribution in [0.15, 0.2) is 18.2 Å². The lowest BCUT2D eigenvalue weighted by atomic mass is 10.0. The molecule has 2 N–H and O–H groups in total. The summed E-state index contributed by atoms with van der Waals surface area (Å²) in [7, 11) is 0. The molecule has 21 heavy (non-hydrogen) atoms. The summed E-state index contributed by atoms with van der Waals surface area (Å²) in [6.45, 7) is 1.93. The molecule has 110 valence electrons. The number of nitrogens with zero attached hydrogens (tertiary/aromatic N) is 1. The van der Waals surface area contributed by atoms with Gasteiger partial charge in [0.15, 0.2) is 6.23 Å². The van der Waals surface area contributed by atoms with Crippen LogP contribution in [0.4, 0.5) is 0 Å². The molecule has 3 rings (SSSR count). The average Bonchev–Trinajstić information content (AvgIpc) is 2.72. The molecule has 6 heteroatoms. The number of rotatable bonds is 2. The van der Waals surface area contributed by atoms with Gasteiger partial charge in [-0.1, -0.05) is 25.1 Å². The van der Waals surface area contributed by atoms with Crippen molar-refractivity contribution in [1.29, 1.82) is 0 Å². The van der Waals surface area contributed by atoms with Gasteiger partial charge in [0, 0.05) is 12.0 Å². The molecular weight excluding hydrogens is 272 g/mol. The Kier molecular flexibility index (Phi) is 3.25. The molecule has 0 spiro atoms. The Balaban J connectivity index is 1.98. The van der Waals surface area contributed by atoms with E-state index < -0.39 is 18.2 Å². The number of hydrogen-bond donors (Lipinski definition) is 2. The number of piperidine rings is 1. The molecule has 2 unspecified atom stereocenters. The summed E-state index contributed by atoms with van der Waals surface area (Å²) in [6, 6.07) is 4.53. The van der Waals surface area contributed by atoms with Gasteiger partial charge in [0.25, 0.3) is 5.91 Å². The van der Waals surface area contributed by atoms with Gasteiger partial charge in [-0.3, -0.25) is 24.6 Å². The average molecular weight is 288 g/mol. The van der Waals surface area contributed by atoms with Crippen molar-refractivity contribution >= 4 is 17.7 Å². The van der Waals surface area contributed by atoms with Crippen molar-refractivity contribution in [3.05, 3.63) is 34.9 Å². The first-order chi connectivity index (χ1) is 10.0. The normalized spacial score (nSPS) is 25.0. The lowest BCUT2D eigenvalue weighted by Gasteiger charge is -2.31. The standard InChI is InChI=1S/C15H16N2O4/c1-2-8-4-3-5-9-12(8)15(21)17(14(9)20)10-6-7-11(18)16-13(10)19/h3-5,10,14,20H,2,6-7H2,1H3,(H,16,18,19). The molecule has 2 aliphatic rings. The Morgan fingerprint density at radius 2 is 2.10 bits per heavy atom. The van der Waals surface area contributed by atoms with Crippen molar-refractivity contribution in [1.82, 2.24) is 10.2 Å². The second-order valence-electron chi connectivity index (χ2n) is 5.29. The number of benzene rings is 1. The van der Waals surface area contributed by atoms with Crippen molar-refractivity contribution in [3.63, 3.8) is 0 Å². The molecule has 0 bridgehead atoms. The van der Waals surface area contributed by atoms with Gasteiger partial charge < -0.3 is 5.11 Å². The molecule has 1 saturated heterocycles. The van der Waals surface area contributed by atoms with Gasteiger partial charge in [0.05, 0.1) is 5.56 Å². The van der Waals surface area contributed by atoms with E-state index in [1.54, 1.807) is 12.1 Å². The summed E-state index contributed by atoms with van der Waals surface area (Å²) in [5.41, 5.74) is 1.87. The molecule has 0 aliphatic carbocycles. The summed E-state index contributed by atoms with van der Waals surface area (Å²) in [5.74, 6) is -1.21. The van der Waals surface area contributed by atoms with Gasteiger partial charge >= 0.3 is 0 Å². The molecule has 0 saturated carbocycles. The van der Waals surface area contributed by atoms with Gasteiger partial charge in [-0.15, -0.1) is 0 Å². The minimum Gasteiger partial charge on any atom is -0.369 e. The van der Waals surface area contributed by atoms with E-state index in [-0.39, 0.29) is 24.7 Å². The molecule has 2 aliphatic heterocycles. The summed E-state index contributed by atoms with van der Waals surface area (Å²) >= 11 is 0. The number of carbonyl (C=O) groups is 3. The lowest BCUT2D eigenvalue weighted by Crippen LogP contribution is -2.53. The van der Waals surface area contributed by atoms with Crippen LogP contribution in [0.2, 0.25) is 0 Å². The van der Waals surface area contributed by atoms with Crippen molar-refractivity contribution in [2.45, 2.75) is 38.5 Å². The number of fused-ring (bicyclic) bond motifs is 1. The summed E-state index contributed by atoms with van der Waals surface area (Å²) in [6.07, 6.45) is -0.0552. The first-order valence-electron chi connectivity index (χ1n) is 7.00. The fourth-order valence-electron chi connectivity index (χ4n) is 3.04. The second kappa shape index (κ2) is 4.96. The van der Waals surface area contributed by atoms with Gasteiger partial charge in [-0.05, 0) is 18.4 Å². The van der Waals surface area contributed by atoms with Crippen LogP contribution in [0.25, 0.3) is 0 Å². The van der Waals surface area contributed by atoms with Crippen LogP contribution in [0.5, 0.6) is 0 Å². The van der Waals surface area contributed by atoms with E-state index in [2.05, 4.69) is 5.32 Å². The predicted molar refractivity (Wildman–Crippen MR) is 73.1 cm³/mol. The minimum absolute atomic E-state index is 0.171. The quantitative estimate of drug-likeness (QED) is 0.776. The van der Waals surface area contributed by atoms with Crippen molar-refractivity contribution < 1.29 is 19.5 Å². The van der Waals surface area contributed by atoms with Gasteiger partial charge in [0.1, 0.15) is 6.04 Å². The van der Waals surface area contributed by atoms with E-state index in [9.17, 15) is 19.5 Å². The number of amides is 3. The minimum atomic E-state index is -1.14. The maximum atomic E-state index is 12.6. The number of carbonyl (C=O) groups excluding carboxylic acids is 3.